The molecule has 1 aliphatic carbocycles. The van der Waals surface area contributed by atoms with Gasteiger partial charge in [-0.2, -0.15) is 26.3 Å². The van der Waals surface area contributed by atoms with Gasteiger partial charge in [0.2, 0.25) is 5.95 Å². The van der Waals surface area contributed by atoms with E-state index in [9.17, 15) is 41.0 Å². The molecule has 1 aliphatic heterocycles. The average Bonchev–Trinajstić information content (AvgIpc) is 3.02. The van der Waals surface area contributed by atoms with Crippen LogP contribution in [0.25, 0.3) is 0 Å². The van der Waals surface area contributed by atoms with Crippen LogP contribution in [0, 0.1) is 5.92 Å². The predicted molar refractivity (Wildman–Crippen MR) is 154 cm³/mol. The number of amides is 1. The van der Waals surface area contributed by atoms with E-state index >= 15 is 0 Å². The first kappa shape index (κ1) is 35.1. The lowest BCUT2D eigenvalue weighted by molar-refractivity contribution is -0.147. The quantitative estimate of drug-likeness (QED) is 0.236. The number of ether oxygens (including phenoxy) is 2. The minimum atomic E-state index is -5.01. The number of hydrogen-bond donors (Lipinski definition) is 1. The molecule has 1 saturated carbocycles. The molecule has 15 heteroatoms. The molecule has 0 unspecified atom stereocenters. The second-order valence-corrected chi connectivity index (χ2v) is 11.8. The number of rotatable bonds is 8. The second-order valence-electron chi connectivity index (χ2n) is 11.8. The number of halogens is 6. The van der Waals surface area contributed by atoms with E-state index in [1.165, 1.54) is 12.0 Å². The third-order valence-corrected chi connectivity index (χ3v) is 8.83. The molecule has 1 saturated heterocycles. The van der Waals surface area contributed by atoms with Gasteiger partial charge in [-0.15, -0.1) is 0 Å². The SMILES string of the molecule is CC[C@@H]1C[C@H](N(Cc2cc(C(F)(F)F)cc(C(F)(F)F)c2)c2ncc(O)cn2)C[C@H](CC)N1C(=O)O[C@H]1CC[C@H](C(=O)OC)CC1. The van der Waals surface area contributed by atoms with Crippen molar-refractivity contribution in [3.63, 3.8) is 0 Å². The molecule has 1 amide bonds. The molecule has 0 radical (unpaired) electrons. The van der Waals surface area contributed by atoms with Gasteiger partial charge in [0.1, 0.15) is 6.10 Å². The Hall–Kier alpha value is -3.78. The highest BCUT2D eigenvalue weighted by molar-refractivity contribution is 5.72. The van der Waals surface area contributed by atoms with Crippen LogP contribution in [0.4, 0.5) is 37.1 Å². The summed E-state index contributed by atoms with van der Waals surface area (Å²) in [7, 11) is 1.34. The summed E-state index contributed by atoms with van der Waals surface area (Å²) in [6.45, 7) is 3.38. The van der Waals surface area contributed by atoms with Gasteiger partial charge in [0.25, 0.3) is 0 Å². The number of benzene rings is 1. The van der Waals surface area contributed by atoms with E-state index < -0.39 is 35.6 Å². The maximum atomic E-state index is 13.6. The van der Waals surface area contributed by atoms with Crippen molar-refractivity contribution in [1.82, 2.24) is 14.9 Å². The summed E-state index contributed by atoms with van der Waals surface area (Å²) in [6, 6.07) is 0.223. The highest BCUT2D eigenvalue weighted by Gasteiger charge is 2.42. The lowest BCUT2D eigenvalue weighted by atomic mass is 9.87. The Kier molecular flexibility index (Phi) is 10.9. The topological polar surface area (TPSA) is 105 Å². The molecule has 1 N–H and O–H groups in total. The van der Waals surface area contributed by atoms with Crippen molar-refractivity contribution >= 4 is 18.0 Å². The molecule has 1 aromatic heterocycles. The van der Waals surface area contributed by atoms with Crippen molar-refractivity contribution in [2.75, 3.05) is 12.0 Å². The molecule has 1 aromatic carbocycles. The average molecular weight is 661 g/mol. The van der Waals surface area contributed by atoms with Crippen LogP contribution in [-0.4, -0.2) is 63.4 Å². The Balaban J connectivity index is 1.60. The van der Waals surface area contributed by atoms with E-state index in [0.29, 0.717) is 63.5 Å². The molecular weight excluding hydrogens is 622 g/mol. The number of anilines is 1. The first-order valence-electron chi connectivity index (χ1n) is 15.3. The highest BCUT2D eigenvalue weighted by atomic mass is 19.4. The van der Waals surface area contributed by atoms with Gasteiger partial charge in [0.05, 0.1) is 36.5 Å². The number of carbonyl (C=O) groups is 2. The Labute approximate surface area is 262 Å². The lowest BCUT2D eigenvalue weighted by Gasteiger charge is -2.47. The smallest absolute Gasteiger partial charge is 0.416 e. The summed E-state index contributed by atoms with van der Waals surface area (Å²) in [5.41, 5.74) is -3.11. The zero-order chi connectivity index (χ0) is 33.8. The molecule has 3 atom stereocenters. The van der Waals surface area contributed by atoms with Crippen molar-refractivity contribution < 1.29 is 50.5 Å². The van der Waals surface area contributed by atoms with E-state index in [0.717, 1.165) is 12.4 Å². The number of hydrogen-bond acceptors (Lipinski definition) is 8. The van der Waals surface area contributed by atoms with Crippen molar-refractivity contribution in [3.8, 4) is 5.75 Å². The van der Waals surface area contributed by atoms with Crippen LogP contribution in [0.2, 0.25) is 0 Å². The number of aromatic nitrogens is 2. The van der Waals surface area contributed by atoms with Gasteiger partial charge in [0, 0.05) is 24.7 Å². The maximum absolute atomic E-state index is 13.6. The normalized spacial score (nSPS) is 23.9. The summed E-state index contributed by atoms with van der Waals surface area (Å²) < 4.78 is 92.6. The number of piperidine rings is 1. The van der Waals surface area contributed by atoms with Crippen molar-refractivity contribution in [1.29, 1.82) is 0 Å². The van der Waals surface area contributed by atoms with Crippen LogP contribution >= 0.6 is 0 Å². The molecule has 46 heavy (non-hydrogen) atoms. The summed E-state index contributed by atoms with van der Waals surface area (Å²) in [6.07, 6.45) is -4.98. The summed E-state index contributed by atoms with van der Waals surface area (Å²) in [5.74, 6) is -0.777. The third kappa shape index (κ3) is 8.32. The molecule has 2 aliphatic rings. The number of esters is 1. The van der Waals surface area contributed by atoms with Crippen molar-refractivity contribution in [2.45, 2.75) is 108 Å². The lowest BCUT2D eigenvalue weighted by Crippen LogP contribution is -2.57. The number of likely N-dealkylation sites (tertiary alicyclic amines) is 1. The molecule has 0 spiro atoms. The molecule has 2 fully saturated rings. The Bertz CT molecular complexity index is 1300. The first-order chi connectivity index (χ1) is 21.6. The number of methoxy groups -OCH3 is 1. The minimum Gasteiger partial charge on any atom is -0.505 e. The van der Waals surface area contributed by atoms with Gasteiger partial charge in [-0.3, -0.25) is 4.79 Å². The van der Waals surface area contributed by atoms with E-state index in [1.54, 1.807) is 4.90 Å². The fourth-order valence-electron chi connectivity index (χ4n) is 6.45. The molecule has 9 nitrogen and oxygen atoms in total. The largest absolute Gasteiger partial charge is 0.505 e. The highest BCUT2D eigenvalue weighted by Crippen LogP contribution is 2.39. The maximum Gasteiger partial charge on any atom is 0.416 e. The van der Waals surface area contributed by atoms with Crippen molar-refractivity contribution in [3.05, 3.63) is 47.3 Å². The zero-order valence-corrected chi connectivity index (χ0v) is 25.8. The van der Waals surface area contributed by atoms with E-state index in [1.807, 2.05) is 13.8 Å². The number of carbonyl (C=O) groups excluding carboxylic acids is 2. The van der Waals surface area contributed by atoms with Gasteiger partial charge >= 0.3 is 24.4 Å². The number of aromatic hydroxyl groups is 1. The monoisotopic (exact) mass is 660 g/mol. The van der Waals surface area contributed by atoms with Crippen LogP contribution in [0.15, 0.2) is 30.6 Å². The summed E-state index contributed by atoms with van der Waals surface area (Å²) >= 11 is 0. The standard InChI is InChI=1S/C31H38F6N4O5/c1-4-22-13-24(14-23(5-2)41(22)29(44)46-26-8-6-19(7-9-26)27(43)45-3)40(28-38-15-25(42)16-39-28)17-18-10-20(30(32,33)34)12-21(11-18)31(35,36)37/h10-12,15-16,19,22-24,26,42H,4-9,13-14,17H2,1-3H3/t19-,22-,23+,24+,26-. The number of nitrogens with zero attached hydrogens (tertiary/aromatic N) is 4. The number of alkyl halides is 6. The fourth-order valence-corrected chi connectivity index (χ4v) is 6.45. The fraction of sp³-hybridized carbons (Fsp3) is 0.613. The van der Waals surface area contributed by atoms with Crippen LogP contribution in [-0.2, 0) is 33.2 Å². The third-order valence-electron chi connectivity index (χ3n) is 8.83. The van der Waals surface area contributed by atoms with Crippen molar-refractivity contribution in [2.24, 2.45) is 5.92 Å². The van der Waals surface area contributed by atoms with Gasteiger partial charge < -0.3 is 24.4 Å². The predicted octanol–water partition coefficient (Wildman–Crippen LogP) is 7.12. The molecule has 2 heterocycles. The van der Waals surface area contributed by atoms with Gasteiger partial charge in [-0.05, 0) is 75.1 Å². The Morgan fingerprint density at radius 3 is 1.89 bits per heavy atom. The molecule has 2 aromatic rings. The first-order valence-corrected chi connectivity index (χ1v) is 15.3. The van der Waals surface area contributed by atoms with E-state index in [2.05, 4.69) is 9.97 Å². The summed E-state index contributed by atoms with van der Waals surface area (Å²) in [4.78, 5) is 36.9. The van der Waals surface area contributed by atoms with Crippen LogP contribution in [0.1, 0.15) is 81.9 Å². The molecule has 0 bridgehead atoms. The minimum absolute atomic E-state index is 0.0110. The summed E-state index contributed by atoms with van der Waals surface area (Å²) in [5, 5.41) is 9.76. The van der Waals surface area contributed by atoms with Crippen LogP contribution in [0.3, 0.4) is 0 Å². The van der Waals surface area contributed by atoms with E-state index in [4.69, 9.17) is 9.47 Å². The molecule has 4 rings (SSSR count). The molecular formula is C31H38F6N4O5. The van der Waals surface area contributed by atoms with Gasteiger partial charge in [-0.25, -0.2) is 14.8 Å². The molecule has 254 valence electrons. The van der Waals surface area contributed by atoms with E-state index in [-0.39, 0.29) is 59.9 Å². The van der Waals surface area contributed by atoms with Crippen LogP contribution < -0.4 is 4.90 Å². The Morgan fingerprint density at radius 1 is 0.913 bits per heavy atom. The Morgan fingerprint density at radius 2 is 1.43 bits per heavy atom. The van der Waals surface area contributed by atoms with Gasteiger partial charge in [0.15, 0.2) is 5.75 Å². The zero-order valence-electron chi connectivity index (χ0n) is 25.8. The second kappa shape index (κ2) is 14.3. The van der Waals surface area contributed by atoms with Crippen LogP contribution in [0.5, 0.6) is 5.75 Å². The van der Waals surface area contributed by atoms with Gasteiger partial charge in [-0.1, -0.05) is 13.8 Å².